The lowest BCUT2D eigenvalue weighted by atomic mass is 10.0. The molecule has 0 unspecified atom stereocenters. The minimum Gasteiger partial charge on any atom is -0.451 e. The summed E-state index contributed by atoms with van der Waals surface area (Å²) in [6, 6.07) is 6.01. The summed E-state index contributed by atoms with van der Waals surface area (Å²) in [6.07, 6.45) is 3.32. The number of rotatable bonds is 6. The standard InChI is InChI=1S/C19H23ClFN3O2S/c1-19(2,3)27(25)24-17(11-4-5-11)13-7-8-14(20)18(16(13)21)26-12-6-9-15(22)23-10-12/h6-11,17,24H,4-5H2,1-3H3,(H2,22,23)/t17-,27-/m1/s1. The van der Waals surface area contributed by atoms with Gasteiger partial charge in [-0.2, -0.15) is 0 Å². The topological polar surface area (TPSA) is 77.2 Å². The van der Waals surface area contributed by atoms with E-state index in [1.54, 1.807) is 24.3 Å². The first-order valence-corrected chi connectivity index (χ1v) is 10.2. The van der Waals surface area contributed by atoms with Gasteiger partial charge in [-0.15, -0.1) is 0 Å². The van der Waals surface area contributed by atoms with E-state index in [2.05, 4.69) is 9.71 Å². The summed E-state index contributed by atoms with van der Waals surface area (Å²) >= 11 is 6.17. The summed E-state index contributed by atoms with van der Waals surface area (Å²) in [7, 11) is -1.32. The number of nitrogens with zero attached hydrogens (tertiary/aromatic N) is 1. The summed E-state index contributed by atoms with van der Waals surface area (Å²) in [5.74, 6) is 0.268. The molecule has 3 N–H and O–H groups in total. The zero-order chi connectivity index (χ0) is 19.8. The highest BCUT2D eigenvalue weighted by molar-refractivity contribution is 7.84. The Hall–Kier alpha value is -1.70. The molecular weight excluding hydrogens is 389 g/mol. The number of aromatic nitrogens is 1. The second kappa shape index (κ2) is 7.73. The SMILES string of the molecule is CC(C)(C)[S@@](=O)N[C@@H](c1ccc(Cl)c(Oc2ccc(N)nc2)c1F)C1CC1. The summed E-state index contributed by atoms with van der Waals surface area (Å²) in [5, 5.41) is 0.152. The third-order valence-corrected chi connectivity index (χ3v) is 6.15. The molecule has 1 saturated carbocycles. The predicted molar refractivity (Wildman–Crippen MR) is 107 cm³/mol. The average molecular weight is 412 g/mol. The van der Waals surface area contributed by atoms with Gasteiger partial charge in [0, 0.05) is 5.56 Å². The van der Waals surface area contributed by atoms with Crippen molar-refractivity contribution < 1.29 is 13.3 Å². The summed E-state index contributed by atoms with van der Waals surface area (Å²) in [6.45, 7) is 5.63. The molecule has 0 spiro atoms. The second-order valence-electron chi connectivity index (χ2n) is 7.61. The first-order valence-electron chi connectivity index (χ1n) is 8.72. The van der Waals surface area contributed by atoms with Crippen LogP contribution in [-0.2, 0) is 11.0 Å². The van der Waals surface area contributed by atoms with Crippen LogP contribution in [-0.4, -0.2) is 13.9 Å². The van der Waals surface area contributed by atoms with E-state index >= 15 is 4.39 Å². The molecule has 5 nitrogen and oxygen atoms in total. The fraction of sp³-hybridized carbons (Fsp3) is 0.421. The number of pyridine rings is 1. The Morgan fingerprint density at radius 3 is 2.59 bits per heavy atom. The van der Waals surface area contributed by atoms with Crippen molar-refractivity contribution in [3.63, 3.8) is 0 Å². The molecule has 0 aliphatic heterocycles. The molecule has 1 fully saturated rings. The number of hydrogen-bond acceptors (Lipinski definition) is 4. The fourth-order valence-corrected chi connectivity index (χ4v) is 3.67. The van der Waals surface area contributed by atoms with Crippen LogP contribution in [0, 0.1) is 11.7 Å². The lowest BCUT2D eigenvalue weighted by Crippen LogP contribution is -2.36. The van der Waals surface area contributed by atoms with E-state index < -0.39 is 21.5 Å². The Labute approximate surface area is 166 Å². The molecule has 1 aliphatic rings. The zero-order valence-electron chi connectivity index (χ0n) is 15.5. The molecule has 1 aromatic heterocycles. The molecule has 0 bridgehead atoms. The van der Waals surface area contributed by atoms with Gasteiger partial charge in [0.15, 0.2) is 11.6 Å². The second-order valence-corrected chi connectivity index (χ2v) is 10.0. The lowest BCUT2D eigenvalue weighted by molar-refractivity contribution is 0.428. The number of halogens is 2. The van der Waals surface area contributed by atoms with Crippen molar-refractivity contribution in [2.45, 2.75) is 44.4 Å². The van der Waals surface area contributed by atoms with Crippen LogP contribution in [0.5, 0.6) is 11.5 Å². The predicted octanol–water partition coefficient (Wildman–Crippen LogP) is 4.75. The molecule has 0 radical (unpaired) electrons. The van der Waals surface area contributed by atoms with Crippen molar-refractivity contribution in [1.82, 2.24) is 9.71 Å². The van der Waals surface area contributed by atoms with Crippen LogP contribution in [0.1, 0.15) is 45.2 Å². The van der Waals surface area contributed by atoms with Crippen molar-refractivity contribution in [3.8, 4) is 11.5 Å². The van der Waals surface area contributed by atoms with Crippen LogP contribution < -0.4 is 15.2 Å². The average Bonchev–Trinajstić information content (AvgIpc) is 3.42. The van der Waals surface area contributed by atoms with E-state index in [9.17, 15) is 4.21 Å². The highest BCUT2D eigenvalue weighted by atomic mass is 35.5. The van der Waals surface area contributed by atoms with Crippen molar-refractivity contribution in [2.75, 3.05) is 5.73 Å². The minimum atomic E-state index is -1.32. The van der Waals surface area contributed by atoms with E-state index in [-0.39, 0.29) is 22.7 Å². The number of hydrogen-bond donors (Lipinski definition) is 2. The summed E-state index contributed by atoms with van der Waals surface area (Å²) < 4.78 is 36.1. The van der Waals surface area contributed by atoms with Crippen molar-refractivity contribution >= 4 is 28.4 Å². The van der Waals surface area contributed by atoms with E-state index in [1.807, 2.05) is 20.8 Å². The van der Waals surface area contributed by atoms with Gasteiger partial charge in [-0.25, -0.2) is 18.3 Å². The number of nitrogens with two attached hydrogens (primary N) is 1. The van der Waals surface area contributed by atoms with Gasteiger partial charge >= 0.3 is 0 Å². The van der Waals surface area contributed by atoms with Gasteiger partial charge in [-0.3, -0.25) is 0 Å². The normalized spacial score (nSPS) is 16.8. The number of ether oxygens (including phenoxy) is 1. The largest absolute Gasteiger partial charge is 0.451 e. The van der Waals surface area contributed by atoms with Gasteiger partial charge in [-0.1, -0.05) is 17.7 Å². The maximum absolute atomic E-state index is 15.3. The van der Waals surface area contributed by atoms with Crippen LogP contribution in [0.3, 0.4) is 0 Å². The molecular formula is C19H23ClFN3O2S. The van der Waals surface area contributed by atoms with E-state index in [1.165, 1.54) is 6.20 Å². The number of nitrogens with one attached hydrogen (secondary N) is 1. The van der Waals surface area contributed by atoms with Crippen molar-refractivity contribution in [3.05, 3.63) is 46.9 Å². The van der Waals surface area contributed by atoms with Crippen LogP contribution in [0.15, 0.2) is 30.5 Å². The lowest BCUT2D eigenvalue weighted by Gasteiger charge is -2.25. The third-order valence-electron chi connectivity index (χ3n) is 4.28. The third kappa shape index (κ3) is 4.78. The Balaban J connectivity index is 1.92. The fourth-order valence-electron chi connectivity index (χ4n) is 2.59. The van der Waals surface area contributed by atoms with Crippen LogP contribution in [0.2, 0.25) is 5.02 Å². The van der Waals surface area contributed by atoms with Crippen LogP contribution in [0.25, 0.3) is 0 Å². The Kier molecular flexibility index (Phi) is 5.74. The monoisotopic (exact) mass is 411 g/mol. The van der Waals surface area contributed by atoms with Gasteiger partial charge in [0.25, 0.3) is 0 Å². The first kappa shape index (κ1) is 20.0. The molecule has 1 aliphatic carbocycles. The Morgan fingerprint density at radius 2 is 2.04 bits per heavy atom. The molecule has 3 rings (SSSR count). The molecule has 146 valence electrons. The van der Waals surface area contributed by atoms with Crippen LogP contribution in [0.4, 0.5) is 10.2 Å². The maximum Gasteiger partial charge on any atom is 0.182 e. The highest BCUT2D eigenvalue weighted by Crippen LogP contribution is 2.45. The van der Waals surface area contributed by atoms with E-state index in [0.29, 0.717) is 17.1 Å². The minimum absolute atomic E-state index is 0.0743. The van der Waals surface area contributed by atoms with Crippen LogP contribution >= 0.6 is 11.6 Å². The van der Waals surface area contributed by atoms with Gasteiger partial charge in [0.1, 0.15) is 11.6 Å². The summed E-state index contributed by atoms with van der Waals surface area (Å²) in [4.78, 5) is 3.93. The molecule has 27 heavy (non-hydrogen) atoms. The molecule has 1 aromatic carbocycles. The van der Waals surface area contributed by atoms with E-state index in [0.717, 1.165) is 12.8 Å². The maximum atomic E-state index is 15.3. The number of benzene rings is 1. The number of anilines is 1. The molecule has 8 heteroatoms. The van der Waals surface area contributed by atoms with Gasteiger partial charge < -0.3 is 10.5 Å². The number of nitrogen functional groups attached to an aromatic ring is 1. The Bertz CT molecular complexity index is 851. The molecule has 0 saturated heterocycles. The van der Waals surface area contributed by atoms with Gasteiger partial charge in [0.05, 0.1) is 33.0 Å². The Morgan fingerprint density at radius 1 is 1.33 bits per heavy atom. The van der Waals surface area contributed by atoms with E-state index in [4.69, 9.17) is 22.1 Å². The molecule has 2 atom stereocenters. The van der Waals surface area contributed by atoms with Crippen molar-refractivity contribution in [1.29, 1.82) is 0 Å². The quantitative estimate of drug-likeness (QED) is 0.718. The molecule has 1 heterocycles. The van der Waals surface area contributed by atoms with Gasteiger partial charge in [-0.05, 0) is 57.7 Å². The highest BCUT2D eigenvalue weighted by Gasteiger charge is 2.37. The van der Waals surface area contributed by atoms with Gasteiger partial charge in [0.2, 0.25) is 0 Å². The molecule has 0 amide bonds. The molecule has 2 aromatic rings. The zero-order valence-corrected chi connectivity index (χ0v) is 17.0. The smallest absolute Gasteiger partial charge is 0.182 e. The van der Waals surface area contributed by atoms with Crippen molar-refractivity contribution in [2.24, 2.45) is 5.92 Å². The first-order chi connectivity index (χ1) is 12.7. The summed E-state index contributed by atoms with van der Waals surface area (Å²) in [5.41, 5.74) is 5.96.